The molecule has 4 aromatic rings. The number of aromatic nitrogens is 2. The van der Waals surface area contributed by atoms with Crippen molar-refractivity contribution in [2.24, 2.45) is 0 Å². The summed E-state index contributed by atoms with van der Waals surface area (Å²) < 4.78 is 11.0. The second-order valence-corrected chi connectivity index (χ2v) is 6.43. The first-order valence-corrected chi connectivity index (χ1v) is 9.19. The Balaban J connectivity index is 1.44. The molecule has 1 amide bonds. The number of anilines is 1. The van der Waals surface area contributed by atoms with Crippen LogP contribution in [0.3, 0.4) is 0 Å². The molecule has 0 unspecified atom stereocenters. The fourth-order valence-electron chi connectivity index (χ4n) is 2.93. The number of para-hydroxylation sites is 1. The summed E-state index contributed by atoms with van der Waals surface area (Å²) in [6.45, 7) is 1.71. The molecule has 4 rings (SSSR count). The number of hydrogen-bond donors (Lipinski definition) is 1. The number of nitrogens with zero attached hydrogens (tertiary/aromatic N) is 2. The molecular weight excluding hydrogens is 366 g/mol. The van der Waals surface area contributed by atoms with Crippen LogP contribution in [-0.4, -0.2) is 22.2 Å². The highest BCUT2D eigenvalue weighted by atomic mass is 16.5. The topological polar surface area (TPSA) is 77.2 Å². The van der Waals surface area contributed by atoms with Crippen molar-refractivity contribution < 1.29 is 13.9 Å². The zero-order valence-corrected chi connectivity index (χ0v) is 15.8. The van der Waals surface area contributed by atoms with Crippen LogP contribution in [0.5, 0.6) is 5.75 Å². The minimum Gasteiger partial charge on any atom is -0.481 e. The second-order valence-electron chi connectivity index (χ2n) is 6.43. The number of ether oxygens (including phenoxy) is 1. The summed E-state index contributed by atoms with van der Waals surface area (Å²) in [5.74, 6) is 0.779. The second kappa shape index (κ2) is 8.39. The van der Waals surface area contributed by atoms with E-state index in [1.54, 1.807) is 31.2 Å². The number of carbonyl (C=O) groups is 1. The Labute approximate surface area is 168 Å². The van der Waals surface area contributed by atoms with Crippen LogP contribution in [0, 0.1) is 0 Å². The Morgan fingerprint density at radius 2 is 1.66 bits per heavy atom. The summed E-state index contributed by atoms with van der Waals surface area (Å²) in [7, 11) is 0. The first-order chi connectivity index (χ1) is 14.2. The Morgan fingerprint density at radius 1 is 0.931 bits per heavy atom. The first kappa shape index (κ1) is 18.4. The predicted molar refractivity (Wildman–Crippen MR) is 110 cm³/mol. The van der Waals surface area contributed by atoms with E-state index < -0.39 is 6.10 Å². The lowest BCUT2D eigenvalue weighted by molar-refractivity contribution is -0.122. The zero-order chi connectivity index (χ0) is 20.1. The van der Waals surface area contributed by atoms with Crippen LogP contribution in [0.15, 0.2) is 89.7 Å². The van der Waals surface area contributed by atoms with Gasteiger partial charge in [-0.25, -0.2) is 0 Å². The Morgan fingerprint density at radius 3 is 2.38 bits per heavy atom. The SMILES string of the molecule is C[C@@H](Oc1ccc(-c2nnco2)cc1)C(=O)Nc1ccccc1-c1ccccc1. The van der Waals surface area contributed by atoms with Crippen LogP contribution in [0.25, 0.3) is 22.6 Å². The maximum Gasteiger partial charge on any atom is 0.265 e. The molecule has 0 aliphatic carbocycles. The molecule has 1 aromatic heterocycles. The zero-order valence-electron chi connectivity index (χ0n) is 15.8. The van der Waals surface area contributed by atoms with E-state index in [0.29, 0.717) is 11.6 Å². The van der Waals surface area contributed by atoms with Gasteiger partial charge in [-0.15, -0.1) is 10.2 Å². The molecule has 1 N–H and O–H groups in total. The van der Waals surface area contributed by atoms with Crippen molar-refractivity contribution in [1.82, 2.24) is 10.2 Å². The van der Waals surface area contributed by atoms with Gasteiger partial charge in [-0.1, -0.05) is 48.5 Å². The number of rotatable bonds is 6. The summed E-state index contributed by atoms with van der Waals surface area (Å²) in [6, 6.07) is 24.8. The minimum atomic E-state index is -0.673. The molecule has 0 saturated carbocycles. The maximum absolute atomic E-state index is 12.7. The molecule has 0 radical (unpaired) electrons. The molecule has 144 valence electrons. The Hall–Kier alpha value is -3.93. The van der Waals surface area contributed by atoms with Crippen molar-refractivity contribution in [3.8, 4) is 28.3 Å². The van der Waals surface area contributed by atoms with E-state index in [4.69, 9.17) is 9.15 Å². The van der Waals surface area contributed by atoms with Crippen LogP contribution in [0.2, 0.25) is 0 Å². The van der Waals surface area contributed by atoms with Gasteiger partial charge in [0, 0.05) is 16.8 Å². The summed E-state index contributed by atoms with van der Waals surface area (Å²) in [6.07, 6.45) is 0.604. The van der Waals surface area contributed by atoms with Crippen molar-refractivity contribution >= 4 is 11.6 Å². The van der Waals surface area contributed by atoms with Crippen molar-refractivity contribution in [2.75, 3.05) is 5.32 Å². The van der Waals surface area contributed by atoms with E-state index >= 15 is 0 Å². The van der Waals surface area contributed by atoms with Crippen LogP contribution in [0.1, 0.15) is 6.92 Å². The van der Waals surface area contributed by atoms with Gasteiger partial charge in [0.25, 0.3) is 5.91 Å². The van der Waals surface area contributed by atoms with Crippen LogP contribution >= 0.6 is 0 Å². The average Bonchev–Trinajstić information content (AvgIpc) is 3.30. The highest BCUT2D eigenvalue weighted by molar-refractivity contribution is 5.98. The van der Waals surface area contributed by atoms with E-state index in [0.717, 1.165) is 22.4 Å². The van der Waals surface area contributed by atoms with Crippen LogP contribution < -0.4 is 10.1 Å². The summed E-state index contributed by atoms with van der Waals surface area (Å²) in [4.78, 5) is 12.7. The smallest absolute Gasteiger partial charge is 0.265 e. The molecule has 0 saturated heterocycles. The molecule has 29 heavy (non-hydrogen) atoms. The molecule has 0 fully saturated rings. The molecule has 6 nitrogen and oxygen atoms in total. The van der Waals surface area contributed by atoms with Gasteiger partial charge in [0.1, 0.15) is 5.75 Å². The molecule has 3 aromatic carbocycles. The number of carbonyl (C=O) groups excluding carboxylic acids is 1. The van der Waals surface area contributed by atoms with Gasteiger partial charge in [-0.2, -0.15) is 0 Å². The van der Waals surface area contributed by atoms with E-state index in [1.807, 2.05) is 54.6 Å². The fraction of sp³-hybridized carbons (Fsp3) is 0.0870. The lowest BCUT2D eigenvalue weighted by Crippen LogP contribution is -2.30. The quantitative estimate of drug-likeness (QED) is 0.515. The number of amides is 1. The maximum atomic E-state index is 12.7. The number of nitrogens with one attached hydrogen (secondary N) is 1. The van der Waals surface area contributed by atoms with Crippen molar-refractivity contribution in [3.63, 3.8) is 0 Å². The fourth-order valence-corrected chi connectivity index (χ4v) is 2.93. The minimum absolute atomic E-state index is 0.227. The lowest BCUT2D eigenvalue weighted by Gasteiger charge is -2.17. The van der Waals surface area contributed by atoms with Crippen LogP contribution in [0.4, 0.5) is 5.69 Å². The monoisotopic (exact) mass is 385 g/mol. The van der Waals surface area contributed by atoms with E-state index in [2.05, 4.69) is 15.5 Å². The normalized spacial score (nSPS) is 11.6. The highest BCUT2D eigenvalue weighted by Crippen LogP contribution is 2.28. The third-order valence-corrected chi connectivity index (χ3v) is 4.41. The first-order valence-electron chi connectivity index (χ1n) is 9.19. The van der Waals surface area contributed by atoms with Gasteiger partial charge in [0.15, 0.2) is 6.10 Å². The molecule has 1 atom stereocenters. The molecule has 0 bridgehead atoms. The lowest BCUT2D eigenvalue weighted by atomic mass is 10.0. The van der Waals surface area contributed by atoms with Gasteiger partial charge in [-0.3, -0.25) is 4.79 Å². The van der Waals surface area contributed by atoms with Crippen molar-refractivity contribution in [2.45, 2.75) is 13.0 Å². The highest BCUT2D eigenvalue weighted by Gasteiger charge is 2.17. The van der Waals surface area contributed by atoms with Gasteiger partial charge in [-0.05, 0) is 42.8 Å². The molecule has 0 aliphatic heterocycles. The van der Waals surface area contributed by atoms with E-state index in [1.165, 1.54) is 6.39 Å². The summed E-state index contributed by atoms with van der Waals surface area (Å²) in [5.41, 5.74) is 3.51. The van der Waals surface area contributed by atoms with E-state index in [-0.39, 0.29) is 5.91 Å². The molecule has 0 aliphatic rings. The number of hydrogen-bond acceptors (Lipinski definition) is 5. The standard InChI is InChI=1S/C23H19N3O3/c1-16(29-19-13-11-18(12-14-19)23-26-24-15-28-23)22(27)25-21-10-6-5-9-20(21)17-7-3-2-4-8-17/h2-16H,1H3,(H,25,27)/t16-/m1/s1. The molecular formula is C23H19N3O3. The predicted octanol–water partition coefficient (Wildman–Crippen LogP) is 4.81. The van der Waals surface area contributed by atoms with Crippen molar-refractivity contribution in [1.29, 1.82) is 0 Å². The van der Waals surface area contributed by atoms with Gasteiger partial charge < -0.3 is 14.5 Å². The average molecular weight is 385 g/mol. The van der Waals surface area contributed by atoms with Gasteiger partial charge >= 0.3 is 0 Å². The Bertz CT molecular complexity index is 1080. The van der Waals surface area contributed by atoms with Gasteiger partial charge in [0.05, 0.1) is 0 Å². The number of benzene rings is 3. The summed E-state index contributed by atoms with van der Waals surface area (Å²) >= 11 is 0. The van der Waals surface area contributed by atoms with Crippen molar-refractivity contribution in [3.05, 3.63) is 85.3 Å². The summed E-state index contributed by atoms with van der Waals surface area (Å²) in [5, 5.41) is 10.5. The molecule has 1 heterocycles. The largest absolute Gasteiger partial charge is 0.481 e. The molecule has 0 spiro atoms. The Kier molecular flexibility index (Phi) is 5.33. The van der Waals surface area contributed by atoms with E-state index in [9.17, 15) is 4.79 Å². The third kappa shape index (κ3) is 4.32. The van der Waals surface area contributed by atoms with Crippen LogP contribution in [-0.2, 0) is 4.79 Å². The third-order valence-electron chi connectivity index (χ3n) is 4.41. The van der Waals surface area contributed by atoms with Gasteiger partial charge in [0.2, 0.25) is 12.3 Å². The molecule has 6 heteroatoms.